The molecule has 3 heterocycles. The summed E-state index contributed by atoms with van der Waals surface area (Å²) in [5, 5.41) is 2.79. The van der Waals surface area contributed by atoms with Crippen LogP contribution in [0.25, 0.3) is 11.1 Å². The number of carbonyl (C=O) groups excluding carboxylic acids is 2. The molecule has 1 aromatic heterocycles. The second-order valence-electron chi connectivity index (χ2n) is 9.26. The van der Waals surface area contributed by atoms with Crippen LogP contribution in [0.5, 0.6) is 0 Å². The van der Waals surface area contributed by atoms with Crippen molar-refractivity contribution in [1.29, 1.82) is 0 Å². The molecule has 33 heavy (non-hydrogen) atoms. The highest BCUT2D eigenvalue weighted by Crippen LogP contribution is 2.57. The summed E-state index contributed by atoms with van der Waals surface area (Å²) < 4.78 is 0. The van der Waals surface area contributed by atoms with Crippen molar-refractivity contribution in [2.75, 3.05) is 24.5 Å². The monoisotopic (exact) mass is 439 g/mol. The Morgan fingerprint density at radius 2 is 1.85 bits per heavy atom. The zero-order valence-corrected chi connectivity index (χ0v) is 18.3. The molecule has 1 saturated heterocycles. The van der Waals surface area contributed by atoms with Crippen LogP contribution in [0, 0.1) is 0 Å². The van der Waals surface area contributed by atoms with Crippen molar-refractivity contribution >= 4 is 24.0 Å². The van der Waals surface area contributed by atoms with Gasteiger partial charge in [-0.15, -0.1) is 0 Å². The summed E-state index contributed by atoms with van der Waals surface area (Å²) in [5.74, 6) is 0.672. The highest BCUT2D eigenvalue weighted by Gasteiger charge is 2.52. The Bertz CT molecular complexity index is 1210. The van der Waals surface area contributed by atoms with Gasteiger partial charge in [0.2, 0.25) is 12.4 Å². The first-order valence-corrected chi connectivity index (χ1v) is 11.5. The summed E-state index contributed by atoms with van der Waals surface area (Å²) in [6.45, 7) is 2.05. The van der Waals surface area contributed by atoms with Crippen LogP contribution in [0.2, 0.25) is 0 Å². The molecule has 0 unspecified atom stereocenters. The van der Waals surface area contributed by atoms with Crippen molar-refractivity contribution < 1.29 is 9.59 Å². The number of nitrogens with zero attached hydrogens (tertiary/aromatic N) is 4. The minimum Gasteiger partial charge on any atom is -0.354 e. The van der Waals surface area contributed by atoms with Crippen molar-refractivity contribution in [2.24, 2.45) is 0 Å². The van der Waals surface area contributed by atoms with Crippen LogP contribution in [-0.2, 0) is 10.2 Å². The van der Waals surface area contributed by atoms with E-state index in [9.17, 15) is 9.59 Å². The van der Waals surface area contributed by atoms with Crippen LogP contribution < -0.4 is 10.2 Å². The largest absolute Gasteiger partial charge is 0.354 e. The second kappa shape index (κ2) is 7.69. The van der Waals surface area contributed by atoms with Gasteiger partial charge in [-0.25, -0.2) is 9.97 Å². The second-order valence-corrected chi connectivity index (χ2v) is 9.26. The third-order valence-electron chi connectivity index (χ3n) is 7.19. The Kier molecular flexibility index (Phi) is 4.64. The van der Waals surface area contributed by atoms with E-state index in [4.69, 9.17) is 0 Å². The SMILES string of the molecule is O=CN[C@@H]1CCN(C(=O)c2ccc3c(c2)N(c2ncc(-c4ccccc4)cn2)CC32CC2)C1. The van der Waals surface area contributed by atoms with Crippen molar-refractivity contribution in [3.8, 4) is 11.1 Å². The Morgan fingerprint density at radius 3 is 2.58 bits per heavy atom. The van der Waals surface area contributed by atoms with E-state index in [0.717, 1.165) is 42.6 Å². The third-order valence-corrected chi connectivity index (χ3v) is 7.19. The normalized spacial score (nSPS) is 20.1. The molecule has 2 aliphatic heterocycles. The summed E-state index contributed by atoms with van der Waals surface area (Å²) in [7, 11) is 0. The minimum absolute atomic E-state index is 0.00467. The van der Waals surface area contributed by atoms with Crippen LogP contribution in [0.4, 0.5) is 11.6 Å². The van der Waals surface area contributed by atoms with Crippen LogP contribution >= 0.6 is 0 Å². The average molecular weight is 440 g/mol. The highest BCUT2D eigenvalue weighted by molar-refractivity contribution is 5.96. The van der Waals surface area contributed by atoms with Crippen LogP contribution in [0.1, 0.15) is 35.2 Å². The van der Waals surface area contributed by atoms with E-state index in [1.807, 2.05) is 59.8 Å². The van der Waals surface area contributed by atoms with E-state index >= 15 is 0 Å². The first-order valence-electron chi connectivity index (χ1n) is 11.5. The topological polar surface area (TPSA) is 78.4 Å². The maximum absolute atomic E-state index is 13.2. The van der Waals surface area contributed by atoms with Crippen LogP contribution in [0.15, 0.2) is 60.9 Å². The zero-order chi connectivity index (χ0) is 22.4. The van der Waals surface area contributed by atoms with Gasteiger partial charge in [-0.2, -0.15) is 0 Å². The first-order chi connectivity index (χ1) is 16.2. The zero-order valence-electron chi connectivity index (χ0n) is 18.3. The molecule has 7 nitrogen and oxygen atoms in total. The summed E-state index contributed by atoms with van der Waals surface area (Å²) >= 11 is 0. The van der Waals surface area contributed by atoms with Gasteiger partial charge < -0.3 is 15.1 Å². The molecule has 166 valence electrons. The lowest BCUT2D eigenvalue weighted by Gasteiger charge is -2.20. The van der Waals surface area contributed by atoms with Crippen LogP contribution in [0.3, 0.4) is 0 Å². The molecule has 1 atom stereocenters. The van der Waals surface area contributed by atoms with Crippen molar-refractivity contribution in [3.05, 3.63) is 72.1 Å². The number of amides is 2. The van der Waals surface area contributed by atoms with Gasteiger partial charge in [-0.05, 0) is 42.5 Å². The Morgan fingerprint density at radius 1 is 1.06 bits per heavy atom. The van der Waals surface area contributed by atoms with Gasteiger partial charge in [-0.3, -0.25) is 9.59 Å². The summed E-state index contributed by atoms with van der Waals surface area (Å²) in [6, 6.07) is 16.2. The molecule has 0 radical (unpaired) electrons. The fraction of sp³-hybridized carbons (Fsp3) is 0.308. The number of hydrogen-bond acceptors (Lipinski definition) is 5. The fourth-order valence-electron chi connectivity index (χ4n) is 5.17. The molecule has 2 aromatic carbocycles. The van der Waals surface area contributed by atoms with Gasteiger partial charge >= 0.3 is 0 Å². The van der Waals surface area contributed by atoms with E-state index in [-0.39, 0.29) is 17.4 Å². The molecule has 3 aromatic rings. The third kappa shape index (κ3) is 3.44. The fourth-order valence-corrected chi connectivity index (χ4v) is 5.17. The Labute approximate surface area is 192 Å². The molecular weight excluding hydrogens is 414 g/mol. The molecule has 2 amide bonds. The minimum atomic E-state index is 0.00467. The quantitative estimate of drug-likeness (QED) is 0.618. The molecular formula is C26H25N5O2. The molecule has 0 bridgehead atoms. The molecule has 1 aliphatic carbocycles. The van der Waals surface area contributed by atoms with Crippen LogP contribution in [-0.4, -0.2) is 52.9 Å². The molecule has 6 rings (SSSR count). The van der Waals surface area contributed by atoms with E-state index in [1.54, 1.807) is 0 Å². The molecule has 2 fully saturated rings. The van der Waals surface area contributed by atoms with E-state index in [2.05, 4.69) is 26.3 Å². The maximum atomic E-state index is 13.2. The number of anilines is 2. The van der Waals surface area contributed by atoms with Crippen molar-refractivity contribution in [2.45, 2.75) is 30.7 Å². The lowest BCUT2D eigenvalue weighted by molar-refractivity contribution is -0.110. The first kappa shape index (κ1) is 19.9. The van der Waals surface area contributed by atoms with Crippen molar-refractivity contribution in [1.82, 2.24) is 20.2 Å². The number of benzene rings is 2. The molecule has 3 aliphatic rings. The predicted octanol–water partition coefficient (Wildman–Crippen LogP) is 3.29. The number of fused-ring (bicyclic) bond motifs is 2. The number of carbonyl (C=O) groups is 2. The summed E-state index contributed by atoms with van der Waals surface area (Å²) in [4.78, 5) is 37.3. The van der Waals surface area contributed by atoms with Gasteiger partial charge in [0.15, 0.2) is 0 Å². The number of aromatic nitrogens is 2. The molecule has 1 saturated carbocycles. The molecule has 1 N–H and O–H groups in total. The Hall–Kier alpha value is -3.74. The lowest BCUT2D eigenvalue weighted by Crippen LogP contribution is -2.34. The number of likely N-dealkylation sites (tertiary alicyclic amines) is 1. The lowest BCUT2D eigenvalue weighted by atomic mass is 9.97. The highest BCUT2D eigenvalue weighted by atomic mass is 16.2. The van der Waals surface area contributed by atoms with E-state index < -0.39 is 0 Å². The number of nitrogens with one attached hydrogen (secondary N) is 1. The predicted molar refractivity (Wildman–Crippen MR) is 125 cm³/mol. The van der Waals surface area contributed by atoms with Gasteiger partial charge in [-0.1, -0.05) is 36.4 Å². The summed E-state index contributed by atoms with van der Waals surface area (Å²) in [6.07, 6.45) is 7.54. The number of hydrogen-bond donors (Lipinski definition) is 1. The van der Waals surface area contributed by atoms with Gasteiger partial charge in [0, 0.05) is 60.3 Å². The molecule has 7 heteroatoms. The molecule has 1 spiro atoms. The van der Waals surface area contributed by atoms with Gasteiger partial charge in [0.05, 0.1) is 0 Å². The van der Waals surface area contributed by atoms with Gasteiger partial charge in [0.25, 0.3) is 5.91 Å². The standard InChI is InChI=1S/C26H25N5O2/c32-17-29-21-8-11-30(15-21)24(33)19-6-7-22-23(12-19)31(16-26(22)9-10-26)25-27-13-20(14-28-25)18-4-2-1-3-5-18/h1-7,12-14,17,21H,8-11,15-16H2,(H,29,32)/t21-/m1/s1. The Balaban J connectivity index is 1.29. The van der Waals surface area contributed by atoms with E-state index in [1.165, 1.54) is 5.56 Å². The smallest absolute Gasteiger partial charge is 0.254 e. The average Bonchev–Trinajstić information content (AvgIpc) is 3.37. The van der Waals surface area contributed by atoms with Crippen molar-refractivity contribution in [3.63, 3.8) is 0 Å². The van der Waals surface area contributed by atoms with E-state index in [0.29, 0.717) is 31.0 Å². The van der Waals surface area contributed by atoms with Gasteiger partial charge in [0.1, 0.15) is 0 Å². The maximum Gasteiger partial charge on any atom is 0.254 e. The number of rotatable bonds is 5. The summed E-state index contributed by atoms with van der Waals surface area (Å²) in [5.41, 5.74) is 5.22.